The highest BCUT2D eigenvalue weighted by molar-refractivity contribution is 5.85. The number of benzene rings is 1. The highest BCUT2D eigenvalue weighted by Gasteiger charge is 2.12. The quantitative estimate of drug-likeness (QED) is 0.694. The molecule has 23 heavy (non-hydrogen) atoms. The molecule has 0 radical (unpaired) electrons. The van der Waals surface area contributed by atoms with Gasteiger partial charge in [-0.25, -0.2) is 4.68 Å². The van der Waals surface area contributed by atoms with Gasteiger partial charge >= 0.3 is 0 Å². The minimum Gasteiger partial charge on any atom is -0.270 e. The Morgan fingerprint density at radius 3 is 2.22 bits per heavy atom. The van der Waals surface area contributed by atoms with Gasteiger partial charge in [-0.1, -0.05) is 18.2 Å². The van der Waals surface area contributed by atoms with Crippen LogP contribution in [0.15, 0.2) is 35.3 Å². The summed E-state index contributed by atoms with van der Waals surface area (Å²) in [6.45, 7) is 8.08. The van der Waals surface area contributed by atoms with E-state index in [1.54, 1.807) is 0 Å². The van der Waals surface area contributed by atoms with Crippen molar-refractivity contribution < 1.29 is 0 Å². The van der Waals surface area contributed by atoms with Crippen molar-refractivity contribution in [1.29, 1.82) is 0 Å². The molecule has 0 aliphatic heterocycles. The number of nitrogens with zero attached hydrogens (tertiary/aromatic N) is 5. The number of para-hydroxylation sites is 1. The van der Waals surface area contributed by atoms with Crippen molar-refractivity contribution in [2.45, 2.75) is 27.7 Å². The van der Waals surface area contributed by atoms with Crippen LogP contribution in [0.4, 0.5) is 5.69 Å². The number of aliphatic imine (C=N–C) groups is 1. The standard InChI is InChI=1S/C18H21N5/c1-12-17(11-19-18-13(2)20-22(5)15(18)4)14(3)23(21-12)16-9-7-6-8-10-16/h6-11H,1-5H3. The van der Waals surface area contributed by atoms with Gasteiger partial charge in [0.05, 0.1) is 28.5 Å². The molecule has 3 aromatic rings. The lowest BCUT2D eigenvalue weighted by molar-refractivity contribution is 0.731. The fourth-order valence-electron chi connectivity index (χ4n) is 2.74. The zero-order valence-corrected chi connectivity index (χ0v) is 14.2. The van der Waals surface area contributed by atoms with Crippen LogP contribution in [0, 0.1) is 27.7 Å². The first kappa shape index (κ1) is 15.2. The molecule has 0 unspecified atom stereocenters. The molecule has 2 aromatic heterocycles. The zero-order valence-electron chi connectivity index (χ0n) is 14.2. The first-order valence-corrected chi connectivity index (χ1v) is 7.65. The van der Waals surface area contributed by atoms with Crippen LogP contribution in [0.5, 0.6) is 0 Å². The number of hydrogen-bond donors (Lipinski definition) is 0. The Balaban J connectivity index is 2.01. The van der Waals surface area contributed by atoms with Gasteiger partial charge in [0.1, 0.15) is 5.69 Å². The lowest BCUT2D eigenvalue weighted by atomic mass is 10.2. The van der Waals surface area contributed by atoms with Crippen molar-refractivity contribution in [3.8, 4) is 5.69 Å². The largest absolute Gasteiger partial charge is 0.270 e. The van der Waals surface area contributed by atoms with Crippen LogP contribution in [0.2, 0.25) is 0 Å². The van der Waals surface area contributed by atoms with Crippen LogP contribution in [0.1, 0.15) is 28.3 Å². The molecule has 0 atom stereocenters. The van der Waals surface area contributed by atoms with Crippen LogP contribution in [0.25, 0.3) is 5.69 Å². The maximum atomic E-state index is 4.66. The first-order chi connectivity index (χ1) is 11.0. The molecule has 0 bridgehead atoms. The van der Waals surface area contributed by atoms with Gasteiger partial charge in [-0.05, 0) is 39.8 Å². The molecule has 0 fully saturated rings. The third kappa shape index (κ3) is 2.70. The third-order valence-corrected chi connectivity index (χ3v) is 4.14. The van der Waals surface area contributed by atoms with Crippen LogP contribution >= 0.6 is 0 Å². The van der Waals surface area contributed by atoms with Crippen LogP contribution in [0.3, 0.4) is 0 Å². The monoisotopic (exact) mass is 307 g/mol. The normalized spacial score (nSPS) is 11.5. The second kappa shape index (κ2) is 5.83. The van der Waals surface area contributed by atoms with Gasteiger partial charge in [0.25, 0.3) is 0 Å². The predicted molar refractivity (Wildman–Crippen MR) is 93.0 cm³/mol. The SMILES string of the molecule is Cc1nn(-c2ccccc2)c(C)c1C=Nc1c(C)nn(C)c1C. The van der Waals surface area contributed by atoms with Crippen molar-refractivity contribution in [2.75, 3.05) is 0 Å². The summed E-state index contributed by atoms with van der Waals surface area (Å²) in [5, 5.41) is 9.05. The smallest absolute Gasteiger partial charge is 0.107 e. The summed E-state index contributed by atoms with van der Waals surface area (Å²) in [7, 11) is 1.94. The topological polar surface area (TPSA) is 48.0 Å². The molecule has 0 saturated heterocycles. The molecule has 5 heteroatoms. The van der Waals surface area contributed by atoms with Crippen LogP contribution in [-0.4, -0.2) is 25.8 Å². The lowest BCUT2D eigenvalue weighted by Gasteiger charge is -2.03. The summed E-state index contributed by atoms with van der Waals surface area (Å²) >= 11 is 0. The maximum absolute atomic E-state index is 4.66. The van der Waals surface area contributed by atoms with E-state index in [9.17, 15) is 0 Å². The molecule has 0 amide bonds. The Bertz CT molecular complexity index is 869. The van der Waals surface area contributed by atoms with Crippen molar-refractivity contribution in [1.82, 2.24) is 19.6 Å². The Morgan fingerprint density at radius 2 is 1.61 bits per heavy atom. The van der Waals surface area contributed by atoms with E-state index in [0.717, 1.165) is 39.7 Å². The van der Waals surface area contributed by atoms with E-state index < -0.39 is 0 Å². The minimum absolute atomic E-state index is 0.929. The number of aryl methyl sites for hydroxylation is 3. The Hall–Kier alpha value is -2.69. The molecule has 0 spiro atoms. The molecule has 1 aromatic carbocycles. The molecule has 2 heterocycles. The molecule has 0 aliphatic rings. The summed E-state index contributed by atoms with van der Waals surface area (Å²) in [5.74, 6) is 0. The van der Waals surface area contributed by atoms with E-state index in [1.165, 1.54) is 0 Å². The fourth-order valence-corrected chi connectivity index (χ4v) is 2.74. The molecule has 0 N–H and O–H groups in total. The number of rotatable bonds is 3. The number of aromatic nitrogens is 4. The van der Waals surface area contributed by atoms with E-state index in [1.807, 2.05) is 61.6 Å². The summed E-state index contributed by atoms with van der Waals surface area (Å²) < 4.78 is 3.81. The van der Waals surface area contributed by atoms with Crippen LogP contribution in [-0.2, 0) is 7.05 Å². The van der Waals surface area contributed by atoms with Gasteiger partial charge in [-0.3, -0.25) is 9.67 Å². The minimum atomic E-state index is 0.929. The Labute approximate surface area is 136 Å². The van der Waals surface area contributed by atoms with Gasteiger partial charge in [-0.15, -0.1) is 0 Å². The summed E-state index contributed by atoms with van der Waals surface area (Å²) in [5.41, 5.74) is 7.08. The predicted octanol–water partition coefficient (Wildman–Crippen LogP) is 3.59. The second-order valence-corrected chi connectivity index (χ2v) is 5.73. The number of hydrogen-bond acceptors (Lipinski definition) is 3. The molecular weight excluding hydrogens is 286 g/mol. The Morgan fingerprint density at radius 1 is 0.913 bits per heavy atom. The van der Waals surface area contributed by atoms with E-state index in [-0.39, 0.29) is 0 Å². The van der Waals surface area contributed by atoms with Gasteiger partial charge in [0, 0.05) is 18.8 Å². The summed E-state index contributed by atoms with van der Waals surface area (Å²) in [4.78, 5) is 4.66. The third-order valence-electron chi connectivity index (χ3n) is 4.14. The van der Waals surface area contributed by atoms with Crippen molar-refractivity contribution >= 4 is 11.9 Å². The van der Waals surface area contributed by atoms with Gasteiger partial charge < -0.3 is 0 Å². The summed E-state index contributed by atoms with van der Waals surface area (Å²) in [6.07, 6.45) is 1.90. The lowest BCUT2D eigenvalue weighted by Crippen LogP contribution is -1.98. The first-order valence-electron chi connectivity index (χ1n) is 7.65. The van der Waals surface area contributed by atoms with Gasteiger partial charge in [0.2, 0.25) is 0 Å². The van der Waals surface area contributed by atoms with Crippen LogP contribution < -0.4 is 0 Å². The average Bonchev–Trinajstić information content (AvgIpc) is 2.95. The second-order valence-electron chi connectivity index (χ2n) is 5.73. The molecular formula is C18H21N5. The zero-order chi connectivity index (χ0) is 16.6. The van der Waals surface area contributed by atoms with Crippen molar-refractivity contribution in [3.05, 3.63) is 58.7 Å². The average molecular weight is 307 g/mol. The highest BCUT2D eigenvalue weighted by Crippen LogP contribution is 2.23. The Kier molecular flexibility index (Phi) is 3.86. The molecule has 3 rings (SSSR count). The van der Waals surface area contributed by atoms with E-state index in [4.69, 9.17) is 0 Å². The van der Waals surface area contributed by atoms with Crippen molar-refractivity contribution in [3.63, 3.8) is 0 Å². The van der Waals surface area contributed by atoms with Gasteiger partial charge in [-0.2, -0.15) is 10.2 Å². The van der Waals surface area contributed by atoms with Gasteiger partial charge in [0.15, 0.2) is 0 Å². The molecule has 5 nitrogen and oxygen atoms in total. The van der Waals surface area contributed by atoms with E-state index >= 15 is 0 Å². The molecule has 0 saturated carbocycles. The van der Waals surface area contributed by atoms with E-state index in [2.05, 4.69) is 34.2 Å². The van der Waals surface area contributed by atoms with E-state index in [0.29, 0.717) is 0 Å². The molecule has 118 valence electrons. The fraction of sp³-hybridized carbons (Fsp3) is 0.278. The highest BCUT2D eigenvalue weighted by atomic mass is 15.3. The maximum Gasteiger partial charge on any atom is 0.107 e. The van der Waals surface area contributed by atoms with Crippen molar-refractivity contribution in [2.24, 2.45) is 12.0 Å². The molecule has 0 aliphatic carbocycles. The summed E-state index contributed by atoms with van der Waals surface area (Å²) in [6, 6.07) is 10.1.